The molecular weight excluding hydrogens is 322 g/mol. The number of hydrogen-bond acceptors (Lipinski definition) is 8. The number of aromatic nitrogens is 4. The van der Waals surface area contributed by atoms with Gasteiger partial charge in [-0.2, -0.15) is 4.98 Å². The van der Waals surface area contributed by atoms with E-state index in [4.69, 9.17) is 24.7 Å². The molecule has 2 bridgehead atoms. The van der Waals surface area contributed by atoms with Gasteiger partial charge in [0, 0.05) is 14.2 Å². The molecule has 2 fully saturated rings. The molecule has 2 aliphatic heterocycles. The summed E-state index contributed by atoms with van der Waals surface area (Å²) in [6.07, 6.45) is -1.77. The molecule has 130 valence electrons. The lowest BCUT2D eigenvalue weighted by atomic mass is 10.0. The third-order valence-electron chi connectivity index (χ3n) is 4.47. The predicted molar refractivity (Wildman–Crippen MR) is 80.7 cm³/mol. The van der Waals surface area contributed by atoms with Gasteiger partial charge in [-0.05, 0) is 0 Å². The zero-order chi connectivity index (χ0) is 17.1. The van der Waals surface area contributed by atoms with Crippen molar-refractivity contribution in [2.45, 2.75) is 24.0 Å². The largest absolute Gasteiger partial charge is 0.381 e. The number of methoxy groups -OCH3 is 2. The third kappa shape index (κ3) is 1.89. The minimum Gasteiger partial charge on any atom is -0.381 e. The van der Waals surface area contributed by atoms with Crippen molar-refractivity contribution in [3.8, 4) is 0 Å². The molecule has 4 N–H and O–H groups in total. The highest BCUT2D eigenvalue weighted by Crippen LogP contribution is 2.46. The van der Waals surface area contributed by atoms with Crippen molar-refractivity contribution in [1.29, 1.82) is 0 Å². The van der Waals surface area contributed by atoms with Crippen LogP contribution in [0, 0.1) is 0 Å². The average molecular weight is 339 g/mol. The van der Waals surface area contributed by atoms with Crippen molar-refractivity contribution in [2.24, 2.45) is 0 Å². The molecule has 11 heteroatoms. The number of aromatic amines is 2. The zero-order valence-electron chi connectivity index (χ0n) is 13.1. The number of hydrogen-bond donors (Lipinski definition) is 3. The molecule has 0 aromatic carbocycles. The van der Waals surface area contributed by atoms with Crippen molar-refractivity contribution in [3.63, 3.8) is 0 Å². The van der Waals surface area contributed by atoms with Gasteiger partial charge >= 0.3 is 5.69 Å². The quantitative estimate of drug-likeness (QED) is 0.599. The molecule has 4 atom stereocenters. The van der Waals surface area contributed by atoms with Gasteiger partial charge in [0.2, 0.25) is 5.95 Å². The molecule has 2 unspecified atom stereocenters. The number of H-pyrrole nitrogens is 2. The molecule has 4 heterocycles. The number of nitrogens with two attached hydrogens (primary N) is 1. The van der Waals surface area contributed by atoms with E-state index in [1.807, 2.05) is 0 Å². The van der Waals surface area contributed by atoms with Crippen molar-refractivity contribution in [2.75, 3.05) is 33.2 Å². The van der Waals surface area contributed by atoms with Crippen LogP contribution in [0.25, 0.3) is 11.2 Å². The SMILES string of the molecule is COC[C@]12COC(C1OC)[C@H](n1c(=O)[nH]c3c(=O)[nH]c(N)nc31)O2. The number of nitrogens with zero attached hydrogens (tertiary/aromatic N) is 2. The first-order chi connectivity index (χ1) is 11.5. The number of anilines is 1. The molecule has 2 saturated heterocycles. The topological polar surface area (TPSA) is 146 Å². The highest BCUT2D eigenvalue weighted by Gasteiger charge is 2.63. The minimum atomic E-state index is -0.825. The number of imidazole rings is 1. The lowest BCUT2D eigenvalue weighted by Crippen LogP contribution is -2.45. The molecule has 0 aliphatic carbocycles. The number of ether oxygens (including phenoxy) is 4. The summed E-state index contributed by atoms with van der Waals surface area (Å²) in [6.45, 7) is 0.527. The molecule has 11 nitrogen and oxygen atoms in total. The van der Waals surface area contributed by atoms with E-state index in [9.17, 15) is 9.59 Å². The van der Waals surface area contributed by atoms with Gasteiger partial charge in [-0.1, -0.05) is 0 Å². The van der Waals surface area contributed by atoms with E-state index in [0.29, 0.717) is 0 Å². The second kappa shape index (κ2) is 5.14. The van der Waals surface area contributed by atoms with Gasteiger partial charge in [0.05, 0.1) is 13.2 Å². The highest BCUT2D eigenvalue weighted by atomic mass is 16.7. The normalized spacial score (nSPS) is 32.0. The van der Waals surface area contributed by atoms with E-state index in [1.165, 1.54) is 4.57 Å². The van der Waals surface area contributed by atoms with Crippen LogP contribution in [-0.4, -0.2) is 64.8 Å². The summed E-state index contributed by atoms with van der Waals surface area (Å²) in [7, 11) is 3.09. The highest BCUT2D eigenvalue weighted by molar-refractivity contribution is 5.70. The Morgan fingerprint density at radius 1 is 1.42 bits per heavy atom. The minimum absolute atomic E-state index is 0.0235. The molecular formula is C13H17N5O6. The first-order valence-corrected chi connectivity index (χ1v) is 7.32. The Morgan fingerprint density at radius 2 is 2.21 bits per heavy atom. The second-order valence-electron chi connectivity index (χ2n) is 5.89. The molecule has 0 amide bonds. The lowest BCUT2D eigenvalue weighted by molar-refractivity contribution is -0.190. The third-order valence-corrected chi connectivity index (χ3v) is 4.47. The van der Waals surface area contributed by atoms with Gasteiger partial charge in [0.15, 0.2) is 17.4 Å². The zero-order valence-corrected chi connectivity index (χ0v) is 13.1. The van der Waals surface area contributed by atoms with Crippen LogP contribution in [0.3, 0.4) is 0 Å². The summed E-state index contributed by atoms with van der Waals surface area (Å²) in [5.41, 5.74) is 3.81. The smallest absolute Gasteiger partial charge is 0.330 e. The van der Waals surface area contributed by atoms with E-state index < -0.39 is 35.3 Å². The van der Waals surface area contributed by atoms with E-state index >= 15 is 0 Å². The van der Waals surface area contributed by atoms with E-state index in [0.717, 1.165) is 0 Å². The van der Waals surface area contributed by atoms with Crippen LogP contribution < -0.4 is 17.0 Å². The van der Waals surface area contributed by atoms with Crippen molar-refractivity contribution in [1.82, 2.24) is 19.5 Å². The van der Waals surface area contributed by atoms with Crippen LogP contribution in [0.2, 0.25) is 0 Å². The fourth-order valence-corrected chi connectivity index (χ4v) is 3.56. The summed E-state index contributed by atoms with van der Waals surface area (Å²) < 4.78 is 23.8. The first kappa shape index (κ1) is 15.3. The molecule has 0 saturated carbocycles. The number of fused-ring (bicyclic) bond motifs is 3. The predicted octanol–water partition coefficient (Wildman–Crippen LogP) is -1.68. The van der Waals surface area contributed by atoms with Crippen LogP contribution in [0.5, 0.6) is 0 Å². The summed E-state index contributed by atoms with van der Waals surface area (Å²) >= 11 is 0. The molecule has 2 aromatic heterocycles. The van der Waals surface area contributed by atoms with Crippen molar-refractivity contribution in [3.05, 3.63) is 20.8 Å². The van der Waals surface area contributed by atoms with Gasteiger partial charge in [-0.25, -0.2) is 9.36 Å². The Kier molecular flexibility index (Phi) is 3.28. The van der Waals surface area contributed by atoms with Crippen LogP contribution in [0.4, 0.5) is 5.95 Å². The van der Waals surface area contributed by atoms with E-state index in [2.05, 4.69) is 15.0 Å². The molecule has 24 heavy (non-hydrogen) atoms. The first-order valence-electron chi connectivity index (χ1n) is 7.32. The van der Waals surface area contributed by atoms with E-state index in [1.54, 1.807) is 14.2 Å². The van der Waals surface area contributed by atoms with Gasteiger partial charge in [0.1, 0.15) is 17.8 Å². The fraction of sp³-hybridized carbons (Fsp3) is 0.615. The van der Waals surface area contributed by atoms with E-state index in [-0.39, 0.29) is 30.3 Å². The summed E-state index contributed by atoms with van der Waals surface area (Å²) in [5.74, 6) is -0.0979. The Morgan fingerprint density at radius 3 is 2.92 bits per heavy atom. The summed E-state index contributed by atoms with van der Waals surface area (Å²) in [6, 6.07) is 0. The maximum atomic E-state index is 12.4. The Balaban J connectivity index is 1.86. The monoisotopic (exact) mass is 339 g/mol. The number of nitrogen functional groups attached to an aromatic ring is 1. The maximum Gasteiger partial charge on any atom is 0.330 e. The van der Waals surface area contributed by atoms with Gasteiger partial charge < -0.3 is 24.7 Å². The Labute approximate surface area is 134 Å². The van der Waals surface area contributed by atoms with Crippen molar-refractivity contribution >= 4 is 17.1 Å². The van der Waals surface area contributed by atoms with Crippen LogP contribution >= 0.6 is 0 Å². The summed E-state index contributed by atoms with van der Waals surface area (Å²) in [5, 5.41) is 0. The molecule has 2 aliphatic rings. The van der Waals surface area contributed by atoms with Gasteiger partial charge in [0.25, 0.3) is 5.56 Å². The Bertz CT molecular complexity index is 902. The fourth-order valence-electron chi connectivity index (χ4n) is 3.56. The van der Waals surface area contributed by atoms with Crippen LogP contribution in [0.15, 0.2) is 9.59 Å². The molecule has 0 spiro atoms. The van der Waals surface area contributed by atoms with Gasteiger partial charge in [-0.3, -0.25) is 14.8 Å². The second-order valence-corrected chi connectivity index (χ2v) is 5.89. The maximum absolute atomic E-state index is 12.4. The standard InChI is InChI=1S/C13H17N5O6/c1-21-3-13-4-23-6(7(13)22-2)10(24-13)18-8-5(15-12(18)20)9(19)17-11(14)16-8/h6-7,10H,3-4H2,1-2H3,(H,15,20)(H3,14,16,17,19)/t6?,7?,10-,13+/m1/s1. The van der Waals surface area contributed by atoms with Crippen molar-refractivity contribution < 1.29 is 18.9 Å². The molecule has 2 aromatic rings. The van der Waals surface area contributed by atoms with Crippen LogP contribution in [0.1, 0.15) is 6.23 Å². The average Bonchev–Trinajstić information content (AvgIpc) is 3.13. The number of nitrogens with one attached hydrogen (secondary N) is 2. The molecule has 4 rings (SSSR count). The Hall–Kier alpha value is -2.21. The van der Waals surface area contributed by atoms with Gasteiger partial charge in [-0.15, -0.1) is 0 Å². The lowest BCUT2D eigenvalue weighted by Gasteiger charge is -2.30. The molecule has 0 radical (unpaired) electrons. The van der Waals surface area contributed by atoms with Crippen LogP contribution in [-0.2, 0) is 18.9 Å². The summed E-state index contributed by atoms with van der Waals surface area (Å²) in [4.78, 5) is 33.2. The number of rotatable bonds is 4.